The van der Waals surface area contributed by atoms with Crippen LogP contribution in [0.15, 0.2) is 30.5 Å². The number of anilines is 1. The molecule has 1 aliphatic carbocycles. The molecule has 4 rings (SSSR count). The van der Waals surface area contributed by atoms with Gasteiger partial charge in [0.05, 0.1) is 7.11 Å². The van der Waals surface area contributed by atoms with Gasteiger partial charge in [-0.25, -0.2) is 0 Å². The van der Waals surface area contributed by atoms with Crippen LogP contribution >= 0.6 is 0 Å². The monoisotopic (exact) mass is 270 g/mol. The Kier molecular flexibility index (Phi) is 2.60. The molecule has 1 unspecified atom stereocenters. The van der Waals surface area contributed by atoms with Crippen LogP contribution in [0.5, 0.6) is 5.75 Å². The third-order valence-electron chi connectivity index (χ3n) is 4.85. The molecule has 1 N–H and O–H groups in total. The Morgan fingerprint density at radius 2 is 2.10 bits per heavy atom. The van der Waals surface area contributed by atoms with Crippen LogP contribution in [0.25, 0.3) is 10.9 Å². The second kappa shape index (κ2) is 4.35. The number of pyridine rings is 1. The summed E-state index contributed by atoms with van der Waals surface area (Å²) in [7, 11) is 1.68. The molecule has 0 bridgehead atoms. The number of nitrogens with zero attached hydrogens (tertiary/aromatic N) is 2. The van der Waals surface area contributed by atoms with E-state index in [1.54, 1.807) is 7.11 Å². The van der Waals surface area contributed by atoms with Gasteiger partial charge < -0.3 is 14.7 Å². The fourth-order valence-corrected chi connectivity index (χ4v) is 3.69. The number of fused-ring (bicyclic) bond motifs is 2. The normalized spacial score (nSPS) is 27.7. The smallest absolute Gasteiger partial charge is 0.145 e. The van der Waals surface area contributed by atoms with Crippen molar-refractivity contribution in [3.05, 3.63) is 30.5 Å². The number of para-hydroxylation sites is 1. The first kappa shape index (κ1) is 12.0. The Morgan fingerprint density at radius 1 is 1.30 bits per heavy atom. The Hall–Kier alpha value is -1.81. The number of benzene rings is 1. The molecule has 2 fully saturated rings. The number of ether oxygens (including phenoxy) is 1. The van der Waals surface area contributed by atoms with Crippen LogP contribution in [-0.4, -0.2) is 36.9 Å². The van der Waals surface area contributed by atoms with Crippen molar-refractivity contribution in [1.82, 2.24) is 4.98 Å². The predicted octanol–water partition coefficient (Wildman–Crippen LogP) is 1.92. The average molecular weight is 270 g/mol. The number of methoxy groups -OCH3 is 1. The third-order valence-corrected chi connectivity index (χ3v) is 4.85. The summed E-state index contributed by atoms with van der Waals surface area (Å²) in [6.45, 7) is 2.44. The van der Waals surface area contributed by atoms with E-state index in [1.165, 1.54) is 5.69 Å². The van der Waals surface area contributed by atoms with Crippen molar-refractivity contribution in [2.75, 3.05) is 31.7 Å². The Balaban J connectivity index is 1.71. The second-order valence-electron chi connectivity index (χ2n) is 5.77. The summed E-state index contributed by atoms with van der Waals surface area (Å²) < 4.78 is 5.40. The van der Waals surface area contributed by atoms with E-state index in [0.717, 1.165) is 29.7 Å². The average Bonchev–Trinajstić information content (AvgIpc) is 2.97. The van der Waals surface area contributed by atoms with Crippen LogP contribution in [0.4, 0.5) is 5.69 Å². The molecule has 0 radical (unpaired) electrons. The highest BCUT2D eigenvalue weighted by molar-refractivity contribution is 5.95. The zero-order chi connectivity index (χ0) is 13.7. The molecule has 4 nitrogen and oxygen atoms in total. The molecular weight excluding hydrogens is 252 g/mol. The zero-order valence-electron chi connectivity index (χ0n) is 11.5. The van der Waals surface area contributed by atoms with Gasteiger partial charge in [0.15, 0.2) is 0 Å². The van der Waals surface area contributed by atoms with Gasteiger partial charge >= 0.3 is 0 Å². The minimum Gasteiger partial charge on any atom is -0.494 e. The number of piperidine rings is 1. The molecule has 0 amide bonds. The predicted molar refractivity (Wildman–Crippen MR) is 78.1 cm³/mol. The lowest BCUT2D eigenvalue weighted by Gasteiger charge is -2.23. The first-order chi connectivity index (χ1) is 9.83. The van der Waals surface area contributed by atoms with Gasteiger partial charge in [-0.1, -0.05) is 12.1 Å². The Bertz CT molecular complexity index is 646. The minimum absolute atomic E-state index is 0.341. The van der Waals surface area contributed by atoms with Gasteiger partial charge in [-0.15, -0.1) is 0 Å². The molecule has 4 heteroatoms. The lowest BCUT2D eigenvalue weighted by Crippen LogP contribution is -2.24. The van der Waals surface area contributed by atoms with Crippen molar-refractivity contribution >= 4 is 16.6 Å². The van der Waals surface area contributed by atoms with Gasteiger partial charge in [0.25, 0.3) is 0 Å². The highest BCUT2D eigenvalue weighted by Gasteiger charge is 2.55. The molecule has 2 aliphatic rings. The van der Waals surface area contributed by atoms with Gasteiger partial charge in [-0.3, -0.25) is 4.98 Å². The highest BCUT2D eigenvalue weighted by Crippen LogP contribution is 2.52. The van der Waals surface area contributed by atoms with E-state index in [9.17, 15) is 5.11 Å². The highest BCUT2D eigenvalue weighted by atomic mass is 16.5. The number of hydrogen-bond acceptors (Lipinski definition) is 4. The number of hydrogen-bond donors (Lipinski definition) is 1. The van der Waals surface area contributed by atoms with Gasteiger partial charge in [-0.2, -0.15) is 0 Å². The number of aliphatic hydroxyl groups is 1. The van der Waals surface area contributed by atoms with Crippen molar-refractivity contribution in [1.29, 1.82) is 0 Å². The van der Waals surface area contributed by atoms with Gasteiger partial charge in [0.1, 0.15) is 11.3 Å². The molecule has 2 heterocycles. The Morgan fingerprint density at radius 3 is 2.80 bits per heavy atom. The summed E-state index contributed by atoms with van der Waals surface area (Å²) >= 11 is 0. The fraction of sp³-hybridized carbons (Fsp3) is 0.438. The van der Waals surface area contributed by atoms with Crippen LogP contribution < -0.4 is 9.64 Å². The van der Waals surface area contributed by atoms with E-state index in [1.807, 2.05) is 18.3 Å². The molecule has 1 saturated carbocycles. The molecular formula is C16H18N2O2. The van der Waals surface area contributed by atoms with Gasteiger partial charge in [-0.05, 0) is 29.9 Å². The quantitative estimate of drug-likeness (QED) is 0.925. The van der Waals surface area contributed by atoms with Crippen molar-refractivity contribution < 1.29 is 9.84 Å². The maximum atomic E-state index is 9.26. The standard InChI is InChI=1S/C16H18N2O2/c1-20-15-4-2-3-10-14(5-6-17-16(10)15)18-7-11-12(8-18)13(11)9-19/h2-6,11-13,19H,7-9H2,1H3/t11-,12+,13?. The molecule has 3 atom stereocenters. The van der Waals surface area contributed by atoms with Crippen molar-refractivity contribution in [2.45, 2.75) is 0 Å². The maximum Gasteiger partial charge on any atom is 0.145 e. The minimum atomic E-state index is 0.341. The molecule has 104 valence electrons. The van der Waals surface area contributed by atoms with Gasteiger partial charge in [0.2, 0.25) is 0 Å². The van der Waals surface area contributed by atoms with Crippen LogP contribution in [0.1, 0.15) is 0 Å². The van der Waals surface area contributed by atoms with Crippen LogP contribution in [0.3, 0.4) is 0 Å². The number of rotatable bonds is 3. The molecule has 1 aromatic heterocycles. The molecule has 20 heavy (non-hydrogen) atoms. The summed E-state index contributed by atoms with van der Waals surface area (Å²) in [6.07, 6.45) is 1.85. The second-order valence-corrected chi connectivity index (χ2v) is 5.77. The molecule has 1 saturated heterocycles. The van der Waals surface area contributed by atoms with Crippen molar-refractivity contribution in [3.8, 4) is 5.75 Å². The van der Waals surface area contributed by atoms with Crippen molar-refractivity contribution in [2.24, 2.45) is 17.8 Å². The SMILES string of the molecule is COc1cccc2c(N3C[C@@H]4C(CO)[C@@H]4C3)ccnc12. The first-order valence-electron chi connectivity index (χ1n) is 7.11. The summed E-state index contributed by atoms with van der Waals surface area (Å²) in [5.41, 5.74) is 2.16. The summed E-state index contributed by atoms with van der Waals surface area (Å²) in [5.74, 6) is 2.71. The van der Waals surface area contributed by atoms with E-state index in [-0.39, 0.29) is 0 Å². The fourth-order valence-electron chi connectivity index (χ4n) is 3.69. The van der Waals surface area contributed by atoms with E-state index < -0.39 is 0 Å². The maximum absolute atomic E-state index is 9.26. The van der Waals surface area contributed by atoms with E-state index in [0.29, 0.717) is 24.4 Å². The molecule has 1 aromatic carbocycles. The number of aliphatic hydroxyl groups excluding tert-OH is 1. The van der Waals surface area contributed by atoms with Gasteiger partial charge in [0, 0.05) is 37.0 Å². The first-order valence-corrected chi connectivity index (χ1v) is 7.11. The van der Waals surface area contributed by atoms with E-state index in [2.05, 4.69) is 22.0 Å². The Labute approximate surface area is 118 Å². The van der Waals surface area contributed by atoms with E-state index in [4.69, 9.17) is 4.74 Å². The lowest BCUT2D eigenvalue weighted by molar-refractivity contribution is 0.260. The topological polar surface area (TPSA) is 45.6 Å². The summed E-state index contributed by atoms with van der Waals surface area (Å²) in [5, 5.41) is 10.4. The zero-order valence-corrected chi connectivity index (χ0v) is 11.5. The van der Waals surface area contributed by atoms with Crippen molar-refractivity contribution in [3.63, 3.8) is 0 Å². The van der Waals surface area contributed by atoms with Crippen LogP contribution in [-0.2, 0) is 0 Å². The lowest BCUT2D eigenvalue weighted by atomic mass is 10.1. The summed E-state index contributed by atoms with van der Waals surface area (Å²) in [4.78, 5) is 6.88. The summed E-state index contributed by atoms with van der Waals surface area (Å²) in [6, 6.07) is 8.15. The molecule has 1 aliphatic heterocycles. The van der Waals surface area contributed by atoms with E-state index >= 15 is 0 Å². The number of aromatic nitrogens is 1. The van der Waals surface area contributed by atoms with Crippen LogP contribution in [0.2, 0.25) is 0 Å². The third kappa shape index (κ3) is 1.61. The molecule has 0 spiro atoms. The largest absolute Gasteiger partial charge is 0.494 e. The van der Waals surface area contributed by atoms with Crippen LogP contribution in [0, 0.1) is 17.8 Å². The molecule has 2 aromatic rings.